The maximum atomic E-state index is 12.0. The van der Waals surface area contributed by atoms with Crippen molar-refractivity contribution < 1.29 is 4.79 Å². The third-order valence-corrected chi connectivity index (χ3v) is 3.55. The van der Waals surface area contributed by atoms with Crippen LogP contribution in [0.3, 0.4) is 0 Å². The second kappa shape index (κ2) is 4.25. The first-order chi connectivity index (χ1) is 7.63. The molecule has 88 valence electrons. The molecule has 1 aliphatic rings. The van der Waals surface area contributed by atoms with E-state index in [1.807, 2.05) is 13.0 Å². The number of nitrogens with one attached hydrogen (secondary N) is 2. The van der Waals surface area contributed by atoms with Crippen LogP contribution in [0.4, 0.5) is 0 Å². The lowest BCUT2D eigenvalue weighted by Crippen LogP contribution is -2.47. The molecule has 2 atom stereocenters. The van der Waals surface area contributed by atoms with Gasteiger partial charge in [-0.2, -0.15) is 5.10 Å². The Morgan fingerprint density at radius 3 is 3.19 bits per heavy atom. The summed E-state index contributed by atoms with van der Waals surface area (Å²) < 4.78 is 0. The number of nitrogens with zero attached hydrogens (tertiary/aromatic N) is 1. The number of aromatic amines is 1. The van der Waals surface area contributed by atoms with Crippen molar-refractivity contribution in [2.24, 2.45) is 11.1 Å². The second-order valence-corrected chi connectivity index (χ2v) is 4.68. The van der Waals surface area contributed by atoms with Crippen LogP contribution in [0.25, 0.3) is 0 Å². The predicted molar refractivity (Wildman–Crippen MR) is 60.4 cm³/mol. The van der Waals surface area contributed by atoms with Gasteiger partial charge in [0, 0.05) is 12.2 Å². The monoisotopic (exact) mass is 222 g/mol. The molecule has 0 aliphatic heterocycles. The molecule has 1 heterocycles. The molecule has 1 aliphatic carbocycles. The average Bonchev–Trinajstić information content (AvgIpc) is 2.87. The number of carbonyl (C=O) groups excluding carboxylic acids is 1. The van der Waals surface area contributed by atoms with E-state index in [1.54, 1.807) is 6.20 Å². The summed E-state index contributed by atoms with van der Waals surface area (Å²) in [5.41, 5.74) is 6.49. The van der Waals surface area contributed by atoms with Gasteiger partial charge in [-0.25, -0.2) is 0 Å². The highest BCUT2D eigenvalue weighted by atomic mass is 16.2. The SMILES string of the molecule is CC1(C(=O)NCc2ccn[nH]2)CCCC1N. The van der Waals surface area contributed by atoms with Crippen molar-refractivity contribution in [2.75, 3.05) is 0 Å². The van der Waals surface area contributed by atoms with Crippen LogP contribution in [0.1, 0.15) is 31.9 Å². The summed E-state index contributed by atoms with van der Waals surface area (Å²) in [4.78, 5) is 12.0. The van der Waals surface area contributed by atoms with Crippen LogP contribution < -0.4 is 11.1 Å². The first-order valence-corrected chi connectivity index (χ1v) is 5.65. The van der Waals surface area contributed by atoms with E-state index in [0.29, 0.717) is 6.54 Å². The summed E-state index contributed by atoms with van der Waals surface area (Å²) in [6, 6.07) is 1.83. The van der Waals surface area contributed by atoms with E-state index >= 15 is 0 Å². The number of rotatable bonds is 3. The molecule has 0 radical (unpaired) electrons. The lowest BCUT2D eigenvalue weighted by atomic mass is 9.84. The van der Waals surface area contributed by atoms with Gasteiger partial charge >= 0.3 is 0 Å². The molecule has 5 heteroatoms. The van der Waals surface area contributed by atoms with Crippen LogP contribution in [-0.4, -0.2) is 22.1 Å². The molecule has 5 nitrogen and oxygen atoms in total. The molecule has 1 aromatic rings. The van der Waals surface area contributed by atoms with Crippen LogP contribution in [0.2, 0.25) is 0 Å². The van der Waals surface area contributed by atoms with E-state index in [-0.39, 0.29) is 11.9 Å². The van der Waals surface area contributed by atoms with Gasteiger partial charge in [-0.05, 0) is 25.8 Å². The van der Waals surface area contributed by atoms with Crippen molar-refractivity contribution >= 4 is 5.91 Å². The smallest absolute Gasteiger partial charge is 0.227 e. The summed E-state index contributed by atoms with van der Waals surface area (Å²) in [5, 5.41) is 9.55. The molecular weight excluding hydrogens is 204 g/mol. The van der Waals surface area contributed by atoms with Gasteiger partial charge in [0.05, 0.1) is 17.7 Å². The number of amides is 1. The van der Waals surface area contributed by atoms with E-state index in [9.17, 15) is 4.79 Å². The Bertz CT molecular complexity index is 362. The van der Waals surface area contributed by atoms with Crippen molar-refractivity contribution in [3.8, 4) is 0 Å². The Morgan fingerprint density at radius 1 is 1.81 bits per heavy atom. The van der Waals surface area contributed by atoms with Crippen LogP contribution in [-0.2, 0) is 11.3 Å². The van der Waals surface area contributed by atoms with Crippen molar-refractivity contribution in [3.63, 3.8) is 0 Å². The minimum absolute atomic E-state index is 0.0192. The molecule has 2 unspecified atom stereocenters. The second-order valence-electron chi connectivity index (χ2n) is 4.68. The molecule has 16 heavy (non-hydrogen) atoms. The minimum Gasteiger partial charge on any atom is -0.350 e. The van der Waals surface area contributed by atoms with Crippen molar-refractivity contribution in [1.29, 1.82) is 0 Å². The van der Waals surface area contributed by atoms with Gasteiger partial charge in [-0.15, -0.1) is 0 Å². The normalized spacial score (nSPS) is 29.2. The fraction of sp³-hybridized carbons (Fsp3) is 0.636. The van der Waals surface area contributed by atoms with Gasteiger partial charge in [-0.3, -0.25) is 9.89 Å². The van der Waals surface area contributed by atoms with E-state index in [0.717, 1.165) is 25.0 Å². The van der Waals surface area contributed by atoms with Crippen LogP contribution in [0.5, 0.6) is 0 Å². The molecule has 4 N–H and O–H groups in total. The Hall–Kier alpha value is -1.36. The number of carbonyl (C=O) groups is 1. The van der Waals surface area contributed by atoms with Crippen LogP contribution in [0, 0.1) is 5.41 Å². The fourth-order valence-corrected chi connectivity index (χ4v) is 2.24. The lowest BCUT2D eigenvalue weighted by molar-refractivity contribution is -0.130. The van der Waals surface area contributed by atoms with Gasteiger partial charge in [-0.1, -0.05) is 6.42 Å². The third-order valence-electron chi connectivity index (χ3n) is 3.55. The highest BCUT2D eigenvalue weighted by molar-refractivity contribution is 5.83. The van der Waals surface area contributed by atoms with Crippen molar-refractivity contribution in [3.05, 3.63) is 18.0 Å². The summed E-state index contributed by atoms with van der Waals surface area (Å²) in [5.74, 6) is 0.0482. The summed E-state index contributed by atoms with van der Waals surface area (Å²) in [6.45, 7) is 2.44. The zero-order valence-corrected chi connectivity index (χ0v) is 9.49. The highest BCUT2D eigenvalue weighted by Crippen LogP contribution is 2.36. The van der Waals surface area contributed by atoms with Gasteiger partial charge in [0.1, 0.15) is 0 Å². The first kappa shape index (κ1) is 11.1. The third kappa shape index (κ3) is 1.95. The Labute approximate surface area is 94.8 Å². The zero-order chi connectivity index (χ0) is 11.6. The van der Waals surface area contributed by atoms with E-state index < -0.39 is 5.41 Å². The number of nitrogens with two attached hydrogens (primary N) is 1. The molecule has 1 saturated carbocycles. The summed E-state index contributed by atoms with van der Waals surface area (Å²) in [6.07, 6.45) is 4.52. The van der Waals surface area contributed by atoms with Gasteiger partial charge in [0.25, 0.3) is 0 Å². The maximum Gasteiger partial charge on any atom is 0.227 e. The Balaban J connectivity index is 1.93. The molecule has 2 rings (SSSR count). The van der Waals surface area contributed by atoms with Gasteiger partial charge < -0.3 is 11.1 Å². The first-order valence-electron chi connectivity index (χ1n) is 5.65. The van der Waals surface area contributed by atoms with E-state index in [1.165, 1.54) is 0 Å². The number of aromatic nitrogens is 2. The number of H-pyrrole nitrogens is 1. The van der Waals surface area contributed by atoms with Crippen molar-refractivity contribution in [1.82, 2.24) is 15.5 Å². The Kier molecular flexibility index (Phi) is 2.96. The number of hydrogen-bond acceptors (Lipinski definition) is 3. The average molecular weight is 222 g/mol. The Morgan fingerprint density at radius 2 is 2.62 bits per heavy atom. The van der Waals surface area contributed by atoms with E-state index in [2.05, 4.69) is 15.5 Å². The molecule has 1 aromatic heterocycles. The topological polar surface area (TPSA) is 83.8 Å². The molecule has 0 spiro atoms. The quantitative estimate of drug-likeness (QED) is 0.698. The van der Waals surface area contributed by atoms with Crippen LogP contribution in [0.15, 0.2) is 12.3 Å². The molecule has 0 saturated heterocycles. The molecule has 1 amide bonds. The molecular formula is C11H18N4O. The largest absolute Gasteiger partial charge is 0.350 e. The van der Waals surface area contributed by atoms with Crippen LogP contribution >= 0.6 is 0 Å². The highest BCUT2D eigenvalue weighted by Gasteiger charge is 2.42. The van der Waals surface area contributed by atoms with E-state index in [4.69, 9.17) is 5.73 Å². The minimum atomic E-state index is -0.403. The summed E-state index contributed by atoms with van der Waals surface area (Å²) >= 11 is 0. The maximum absolute atomic E-state index is 12.0. The fourth-order valence-electron chi connectivity index (χ4n) is 2.24. The lowest BCUT2D eigenvalue weighted by Gasteiger charge is -2.27. The molecule has 1 fully saturated rings. The molecule has 0 aromatic carbocycles. The van der Waals surface area contributed by atoms with Gasteiger partial charge in [0.2, 0.25) is 5.91 Å². The standard InChI is InChI=1S/C11H18N4O/c1-11(5-2-3-9(11)12)10(16)13-7-8-4-6-14-15-8/h4,6,9H,2-3,5,7,12H2,1H3,(H,13,16)(H,14,15). The van der Waals surface area contributed by atoms with Crippen molar-refractivity contribution in [2.45, 2.75) is 38.8 Å². The predicted octanol–water partition coefficient (Wildman–Crippen LogP) is 0.543. The number of hydrogen-bond donors (Lipinski definition) is 3. The van der Waals surface area contributed by atoms with Gasteiger partial charge in [0.15, 0.2) is 0 Å². The zero-order valence-electron chi connectivity index (χ0n) is 9.49. The molecule has 0 bridgehead atoms. The summed E-state index contributed by atoms with van der Waals surface area (Å²) in [7, 11) is 0.